The quantitative estimate of drug-likeness (QED) is 0.429. The second-order valence-corrected chi connectivity index (χ2v) is 3.55. The molecule has 0 bridgehead atoms. The van der Waals surface area contributed by atoms with Crippen molar-refractivity contribution in [2.75, 3.05) is 0 Å². The fraction of sp³-hybridized carbons (Fsp3) is 0.111. The highest BCUT2D eigenvalue weighted by atomic mass is 19.4. The molecule has 2 rings (SSSR count). The summed E-state index contributed by atoms with van der Waals surface area (Å²) in [6.07, 6.45) is -4.57. The van der Waals surface area contributed by atoms with Crippen molar-refractivity contribution in [3.8, 4) is 0 Å². The Morgan fingerprint density at radius 2 is 1.39 bits per heavy atom. The second-order valence-electron chi connectivity index (χ2n) is 3.55. The van der Waals surface area contributed by atoms with Gasteiger partial charge >= 0.3 is 24.9 Å². The van der Waals surface area contributed by atoms with Crippen LogP contribution >= 0.6 is 0 Å². The molecule has 1 aromatic rings. The monoisotopic (exact) mass is 263 g/mol. The molecule has 0 atom stereocenters. The van der Waals surface area contributed by atoms with Crippen LogP contribution in [-0.4, -0.2) is 18.8 Å². The molecule has 0 aliphatic carbocycles. The molecule has 9 heteroatoms. The van der Waals surface area contributed by atoms with E-state index >= 15 is 0 Å². The summed E-state index contributed by atoms with van der Waals surface area (Å²) in [4.78, 5) is 21.4. The van der Waals surface area contributed by atoms with Gasteiger partial charge in [0, 0.05) is 0 Å². The fourth-order valence-corrected chi connectivity index (χ4v) is 1.43. The Morgan fingerprint density at radius 1 is 0.944 bits per heavy atom. The summed E-state index contributed by atoms with van der Waals surface area (Å²) >= 11 is 0. The van der Waals surface area contributed by atoms with Gasteiger partial charge in [-0.25, -0.2) is 9.59 Å². The van der Waals surface area contributed by atoms with Crippen molar-refractivity contribution in [3.63, 3.8) is 0 Å². The summed E-state index contributed by atoms with van der Waals surface area (Å²) in [6.45, 7) is -3.87. The molecular formula is C9H4BF4O4-. The first-order chi connectivity index (χ1) is 8.22. The van der Waals surface area contributed by atoms with Crippen LogP contribution in [0.2, 0.25) is 0 Å². The third-order valence-corrected chi connectivity index (χ3v) is 2.32. The highest BCUT2D eigenvalue weighted by Crippen LogP contribution is 2.29. The van der Waals surface area contributed by atoms with E-state index in [9.17, 15) is 27.1 Å². The molecule has 0 saturated carbocycles. The molecule has 0 radical (unpaired) electrons. The number of benzene rings is 1. The number of alkyl halides is 3. The van der Waals surface area contributed by atoms with Crippen LogP contribution in [0.25, 0.3) is 0 Å². The normalized spacial score (nSPS) is 18.4. The maximum atomic E-state index is 13.9. The van der Waals surface area contributed by atoms with Crippen molar-refractivity contribution in [1.82, 2.24) is 0 Å². The molecule has 1 aliphatic rings. The average molecular weight is 263 g/mol. The van der Waals surface area contributed by atoms with Gasteiger partial charge in [-0.3, -0.25) is 0 Å². The highest BCUT2D eigenvalue weighted by molar-refractivity contribution is 6.82. The number of hydrogen-bond donors (Lipinski definition) is 0. The number of carbonyl (C=O) groups is 2. The minimum absolute atomic E-state index is 0.456. The Balaban J connectivity index is 2.31. The van der Waals surface area contributed by atoms with E-state index in [2.05, 4.69) is 9.31 Å². The molecule has 0 N–H and O–H groups in total. The minimum atomic E-state index is -4.57. The molecular weight excluding hydrogens is 259 g/mol. The van der Waals surface area contributed by atoms with Gasteiger partial charge in [-0.2, -0.15) is 13.2 Å². The molecule has 0 unspecified atom stereocenters. The van der Waals surface area contributed by atoms with Crippen LogP contribution in [0.15, 0.2) is 24.3 Å². The lowest BCUT2D eigenvalue weighted by molar-refractivity contribution is -0.150. The van der Waals surface area contributed by atoms with Gasteiger partial charge in [0.15, 0.2) is 0 Å². The zero-order valence-corrected chi connectivity index (χ0v) is 8.53. The topological polar surface area (TPSA) is 52.6 Å². The van der Waals surface area contributed by atoms with Crippen LogP contribution < -0.4 is 5.46 Å². The lowest BCUT2D eigenvalue weighted by atomic mass is 9.73. The van der Waals surface area contributed by atoms with Crippen LogP contribution in [0.1, 0.15) is 5.56 Å². The van der Waals surface area contributed by atoms with E-state index in [1.807, 2.05) is 0 Å². The van der Waals surface area contributed by atoms with Gasteiger partial charge in [-0.1, -0.05) is 29.7 Å². The minimum Gasteiger partial charge on any atom is -0.618 e. The highest BCUT2D eigenvalue weighted by Gasteiger charge is 2.46. The van der Waals surface area contributed by atoms with Crippen molar-refractivity contribution in [2.45, 2.75) is 6.18 Å². The van der Waals surface area contributed by atoms with Crippen molar-refractivity contribution < 1.29 is 36.4 Å². The van der Waals surface area contributed by atoms with Crippen LogP contribution in [0.3, 0.4) is 0 Å². The number of rotatable bonds is 1. The zero-order valence-electron chi connectivity index (χ0n) is 8.53. The van der Waals surface area contributed by atoms with Crippen LogP contribution in [0.4, 0.5) is 17.5 Å². The Hall–Kier alpha value is -2.06. The summed E-state index contributed by atoms with van der Waals surface area (Å²) in [5.41, 5.74) is -1.46. The lowest BCUT2D eigenvalue weighted by Crippen LogP contribution is -2.46. The van der Waals surface area contributed by atoms with Crippen molar-refractivity contribution >= 4 is 24.2 Å². The Bertz CT molecular complexity index is 494. The molecule has 4 nitrogen and oxygen atoms in total. The summed E-state index contributed by atoms with van der Waals surface area (Å²) in [5, 5.41) is 0. The van der Waals surface area contributed by atoms with Gasteiger partial charge in [0.05, 0.1) is 5.56 Å². The first-order valence-corrected chi connectivity index (χ1v) is 4.68. The Labute approximate surface area is 97.5 Å². The van der Waals surface area contributed by atoms with Gasteiger partial charge in [0.1, 0.15) is 0 Å². The van der Waals surface area contributed by atoms with E-state index in [0.717, 1.165) is 12.1 Å². The van der Waals surface area contributed by atoms with Crippen LogP contribution in [-0.2, 0) is 25.1 Å². The van der Waals surface area contributed by atoms with E-state index < -0.39 is 36.0 Å². The molecule has 18 heavy (non-hydrogen) atoms. The van der Waals surface area contributed by atoms with E-state index in [1.165, 1.54) is 0 Å². The molecule has 0 spiro atoms. The first kappa shape index (κ1) is 12.4. The maximum absolute atomic E-state index is 13.9. The number of halogens is 4. The van der Waals surface area contributed by atoms with E-state index in [4.69, 9.17) is 0 Å². The molecule has 0 amide bonds. The van der Waals surface area contributed by atoms with Crippen molar-refractivity contribution in [1.29, 1.82) is 0 Å². The van der Waals surface area contributed by atoms with Gasteiger partial charge < -0.3 is 13.6 Å². The third kappa shape index (κ3) is 2.03. The van der Waals surface area contributed by atoms with Crippen molar-refractivity contribution in [2.24, 2.45) is 0 Å². The molecule has 1 aromatic carbocycles. The summed E-state index contributed by atoms with van der Waals surface area (Å²) in [5.74, 6) is -3.03. The van der Waals surface area contributed by atoms with Gasteiger partial charge in [-0.05, 0) is 0 Å². The fourth-order valence-electron chi connectivity index (χ4n) is 1.43. The first-order valence-electron chi connectivity index (χ1n) is 4.68. The summed E-state index contributed by atoms with van der Waals surface area (Å²) in [6, 6.07) is 2.68. The molecule has 0 aromatic heterocycles. The largest absolute Gasteiger partial charge is 0.618 e. The van der Waals surface area contributed by atoms with Crippen LogP contribution in [0.5, 0.6) is 0 Å². The standard InChI is InChI=1S/C9H4BF4O4/c11-9(12,13)5-1-3-6(4-2-5)10(14)17-7(15)8(16)18-10/h1-4H/q-1. The average Bonchev–Trinajstić information content (AvgIpc) is 2.53. The number of hydrogen-bond acceptors (Lipinski definition) is 4. The molecule has 1 saturated heterocycles. The van der Waals surface area contributed by atoms with Gasteiger partial charge in [-0.15, -0.1) is 0 Å². The third-order valence-electron chi connectivity index (χ3n) is 2.32. The molecule has 96 valence electrons. The Kier molecular flexibility index (Phi) is 2.56. The second kappa shape index (κ2) is 3.72. The molecule has 1 aliphatic heterocycles. The van der Waals surface area contributed by atoms with Crippen LogP contribution in [0, 0.1) is 0 Å². The van der Waals surface area contributed by atoms with Gasteiger partial charge in [0.2, 0.25) is 0 Å². The van der Waals surface area contributed by atoms with E-state index in [-0.39, 0.29) is 0 Å². The Morgan fingerprint density at radius 3 is 1.78 bits per heavy atom. The van der Waals surface area contributed by atoms with Crippen molar-refractivity contribution in [3.05, 3.63) is 29.8 Å². The number of carbonyl (C=O) groups excluding carboxylic acids is 2. The lowest BCUT2D eigenvalue weighted by Gasteiger charge is -2.24. The summed E-state index contributed by atoms with van der Waals surface area (Å²) in [7, 11) is 0. The van der Waals surface area contributed by atoms with E-state index in [0.29, 0.717) is 12.1 Å². The molecule has 1 fully saturated rings. The SMILES string of the molecule is O=C1O[B-](F)(c2ccc(C(F)(F)F)cc2)OC1=O. The maximum Gasteiger partial charge on any atom is 0.561 e. The summed E-state index contributed by atoms with van der Waals surface area (Å²) < 4.78 is 58.8. The predicted octanol–water partition coefficient (Wildman–Crippen LogP) is 0.921. The van der Waals surface area contributed by atoms with Gasteiger partial charge in [0.25, 0.3) is 0 Å². The van der Waals surface area contributed by atoms with E-state index in [1.54, 1.807) is 0 Å². The molecule has 1 heterocycles. The smallest absolute Gasteiger partial charge is 0.561 e. The zero-order chi connectivity index (χ0) is 13.6. The predicted molar refractivity (Wildman–Crippen MR) is 50.1 cm³/mol.